The van der Waals surface area contributed by atoms with Gasteiger partial charge in [0.15, 0.2) is 21.5 Å². The number of hydrogen-bond donors (Lipinski definition) is 3. The molecule has 3 N–H and O–H groups in total. The molecule has 4 aromatic carbocycles. The van der Waals surface area contributed by atoms with Gasteiger partial charge in [0.25, 0.3) is 5.91 Å². The molecule has 0 spiro atoms. The van der Waals surface area contributed by atoms with Gasteiger partial charge in [-0.1, -0.05) is 65.7 Å². The molecule has 15 heteroatoms. The number of carbonyl (C=O) groups is 1. The van der Waals surface area contributed by atoms with E-state index in [1.165, 1.54) is 36.4 Å². The van der Waals surface area contributed by atoms with Gasteiger partial charge < -0.3 is 14.6 Å². The summed E-state index contributed by atoms with van der Waals surface area (Å²) in [7, 11) is -3.94. The van der Waals surface area contributed by atoms with E-state index >= 15 is 0 Å². The maximum Gasteiger partial charge on any atom is 0.416 e. The first-order chi connectivity index (χ1) is 23.8. The molecule has 0 radical (unpaired) electrons. The number of sulfone groups is 1. The predicted octanol–water partition coefficient (Wildman–Crippen LogP) is 6.72. The number of carbonyl (C=O) groups excluding carboxylic acids is 1. The van der Waals surface area contributed by atoms with E-state index < -0.39 is 44.9 Å². The molecule has 0 aliphatic carbocycles. The average Bonchev–Trinajstić information content (AvgIpc) is 3.48. The number of nitrogens with one attached hydrogen (secondary N) is 2. The average molecular weight is 751 g/mol. The van der Waals surface area contributed by atoms with Crippen molar-refractivity contribution in [3.05, 3.63) is 129 Å². The van der Waals surface area contributed by atoms with E-state index in [0.29, 0.717) is 28.3 Å². The van der Waals surface area contributed by atoms with E-state index in [9.17, 15) is 26.4 Å². The molecule has 2 atom stereocenters. The lowest BCUT2D eigenvalue weighted by molar-refractivity contribution is -0.137. The van der Waals surface area contributed by atoms with Gasteiger partial charge in [0.1, 0.15) is 5.75 Å². The molecule has 1 aliphatic heterocycles. The maximum absolute atomic E-state index is 14.3. The predicted molar refractivity (Wildman–Crippen MR) is 183 cm³/mol. The van der Waals surface area contributed by atoms with Gasteiger partial charge in [-0.15, -0.1) is 0 Å². The van der Waals surface area contributed by atoms with Crippen LogP contribution in [0.5, 0.6) is 5.75 Å². The van der Waals surface area contributed by atoms with Gasteiger partial charge in [-0.05, 0) is 60.2 Å². The van der Waals surface area contributed by atoms with Crippen LogP contribution in [0.15, 0.2) is 107 Å². The minimum Gasteiger partial charge on any atom is -0.494 e. The van der Waals surface area contributed by atoms with Crippen LogP contribution in [0, 0.1) is 0 Å². The Morgan fingerprint density at radius 3 is 2.40 bits per heavy atom. The number of nitrogens with zero attached hydrogens (tertiary/aromatic N) is 1. The summed E-state index contributed by atoms with van der Waals surface area (Å²) in [6.07, 6.45) is -5.76. The second-order valence-electron chi connectivity index (χ2n) is 11.3. The number of alkyl halides is 3. The minimum atomic E-state index is -4.56. The molecule has 5 rings (SSSR count). The Bertz CT molecular complexity index is 1950. The number of halogens is 5. The fraction of sp³-hybridized carbons (Fsp3) is 0.257. The van der Waals surface area contributed by atoms with Crippen LogP contribution >= 0.6 is 23.2 Å². The van der Waals surface area contributed by atoms with Gasteiger partial charge in [-0.3, -0.25) is 10.2 Å². The second kappa shape index (κ2) is 15.8. The molecule has 9 nitrogen and oxygen atoms in total. The number of aliphatic hydroxyl groups excluding tert-OH is 1. The summed E-state index contributed by atoms with van der Waals surface area (Å²) in [5.41, 5.74) is 3.34. The van der Waals surface area contributed by atoms with Crippen molar-refractivity contribution < 1.29 is 41.0 Å². The van der Waals surface area contributed by atoms with Crippen molar-refractivity contribution in [2.45, 2.75) is 42.1 Å². The number of hydrogen-bond acceptors (Lipinski definition) is 8. The standard InChI is InChI=1S/C35H32Cl2F3N3O6S/c36-26-12-15-29(30(37)21-26)31-34(16-19-50(46,47)28-8-2-1-3-9-28,33(45)43-41-22-23-6-4-7-25(20-23)35(38,39)40)42-32(49-31)24-10-13-27(14-11-24)48-18-5-17-44/h1-4,6-15,20-21,31,41,44H,5,16-19,22H2,(H,43,45)/t31-,34-/m0/s1. The SMILES string of the molecule is O=C(NNCc1cccc(C(F)(F)F)c1)[C@@]1(CCS(=O)(=O)c2ccccc2)N=C(c2ccc(OCCCO)cc2)O[C@H]1c1ccc(Cl)cc1Cl. The van der Waals surface area contributed by atoms with E-state index in [2.05, 4.69) is 10.9 Å². The molecule has 0 saturated carbocycles. The molecule has 0 aromatic heterocycles. The first-order valence-electron chi connectivity index (χ1n) is 15.4. The lowest BCUT2D eigenvalue weighted by atomic mass is 9.85. The molecule has 0 unspecified atom stereocenters. The molecular formula is C35H32Cl2F3N3O6S. The molecule has 0 bridgehead atoms. The number of rotatable bonds is 14. The number of aliphatic hydroxyl groups is 1. The minimum absolute atomic E-state index is 0.00747. The molecule has 4 aromatic rings. The Kier molecular flexibility index (Phi) is 11.7. The van der Waals surface area contributed by atoms with Crippen LogP contribution < -0.4 is 15.6 Å². The zero-order valence-electron chi connectivity index (χ0n) is 26.3. The summed E-state index contributed by atoms with van der Waals surface area (Å²) in [5.74, 6) is -0.831. The van der Waals surface area contributed by atoms with Crippen LogP contribution in [0.4, 0.5) is 13.2 Å². The lowest BCUT2D eigenvalue weighted by Crippen LogP contribution is -2.53. The van der Waals surface area contributed by atoms with Crippen LogP contribution in [-0.4, -0.2) is 49.8 Å². The molecule has 0 fully saturated rings. The van der Waals surface area contributed by atoms with Crippen molar-refractivity contribution in [3.8, 4) is 5.75 Å². The molecule has 1 amide bonds. The van der Waals surface area contributed by atoms with Crippen molar-refractivity contribution in [2.24, 2.45) is 4.99 Å². The van der Waals surface area contributed by atoms with Gasteiger partial charge >= 0.3 is 6.18 Å². The number of amides is 1. The summed E-state index contributed by atoms with van der Waals surface area (Å²) in [4.78, 5) is 19.1. The van der Waals surface area contributed by atoms with E-state index in [-0.39, 0.29) is 47.6 Å². The summed E-state index contributed by atoms with van der Waals surface area (Å²) in [6, 6.07) is 23.4. The molecule has 1 heterocycles. The fourth-order valence-electron chi connectivity index (χ4n) is 5.29. The summed E-state index contributed by atoms with van der Waals surface area (Å²) >= 11 is 12.8. The third-order valence-electron chi connectivity index (χ3n) is 7.88. The highest BCUT2D eigenvalue weighted by Gasteiger charge is 2.54. The lowest BCUT2D eigenvalue weighted by Gasteiger charge is -2.31. The Labute approximate surface area is 296 Å². The molecular weight excluding hydrogens is 718 g/mol. The van der Waals surface area contributed by atoms with Crippen molar-refractivity contribution >= 4 is 44.8 Å². The molecule has 1 aliphatic rings. The van der Waals surface area contributed by atoms with Gasteiger partial charge in [-0.25, -0.2) is 18.8 Å². The fourth-order valence-corrected chi connectivity index (χ4v) is 7.18. The zero-order chi connectivity index (χ0) is 35.9. The summed E-state index contributed by atoms with van der Waals surface area (Å²) in [6.45, 7) is 0.0585. The van der Waals surface area contributed by atoms with Gasteiger partial charge in [0.05, 0.1) is 22.8 Å². The largest absolute Gasteiger partial charge is 0.494 e. The van der Waals surface area contributed by atoms with Gasteiger partial charge in [-0.2, -0.15) is 13.2 Å². The number of hydrazine groups is 1. The number of aliphatic imine (C=N–C) groups is 1. The normalized spacial score (nSPS) is 17.6. The monoisotopic (exact) mass is 749 g/mol. The third kappa shape index (κ3) is 8.77. The molecule has 264 valence electrons. The Morgan fingerprint density at radius 2 is 1.72 bits per heavy atom. The van der Waals surface area contributed by atoms with E-state index in [0.717, 1.165) is 12.1 Å². The van der Waals surface area contributed by atoms with Crippen LogP contribution in [0.2, 0.25) is 10.0 Å². The van der Waals surface area contributed by atoms with Crippen molar-refractivity contribution in [1.82, 2.24) is 10.9 Å². The highest BCUT2D eigenvalue weighted by Crippen LogP contribution is 2.45. The van der Waals surface area contributed by atoms with E-state index in [4.69, 9.17) is 42.8 Å². The Morgan fingerprint density at radius 1 is 0.980 bits per heavy atom. The zero-order valence-corrected chi connectivity index (χ0v) is 28.6. The Hall–Kier alpha value is -4.14. The third-order valence-corrected chi connectivity index (χ3v) is 10.2. The van der Waals surface area contributed by atoms with E-state index in [1.807, 2.05) is 0 Å². The van der Waals surface area contributed by atoms with Gasteiger partial charge in [0, 0.05) is 47.2 Å². The highest BCUT2D eigenvalue weighted by molar-refractivity contribution is 7.91. The van der Waals surface area contributed by atoms with Crippen molar-refractivity contribution in [2.75, 3.05) is 19.0 Å². The first kappa shape index (κ1) is 37.1. The van der Waals surface area contributed by atoms with Crippen molar-refractivity contribution in [1.29, 1.82) is 0 Å². The molecule has 0 saturated heterocycles. The second-order valence-corrected chi connectivity index (χ2v) is 14.3. The topological polar surface area (TPSA) is 126 Å². The van der Waals surface area contributed by atoms with Crippen LogP contribution in [0.1, 0.15) is 41.2 Å². The van der Waals surface area contributed by atoms with Crippen LogP contribution in [0.25, 0.3) is 0 Å². The van der Waals surface area contributed by atoms with Gasteiger partial charge in [0.2, 0.25) is 5.90 Å². The quantitative estimate of drug-likeness (QED) is 0.0966. The Balaban J connectivity index is 1.53. The summed E-state index contributed by atoms with van der Waals surface area (Å²) in [5, 5.41) is 9.48. The first-order valence-corrected chi connectivity index (χ1v) is 17.8. The number of benzene rings is 4. The van der Waals surface area contributed by atoms with Crippen LogP contribution in [-0.2, 0) is 32.1 Å². The van der Waals surface area contributed by atoms with Crippen LogP contribution in [0.3, 0.4) is 0 Å². The van der Waals surface area contributed by atoms with E-state index in [1.54, 1.807) is 48.5 Å². The smallest absolute Gasteiger partial charge is 0.416 e. The highest BCUT2D eigenvalue weighted by atomic mass is 35.5. The maximum atomic E-state index is 14.3. The van der Waals surface area contributed by atoms with Crippen molar-refractivity contribution in [3.63, 3.8) is 0 Å². The molecule has 50 heavy (non-hydrogen) atoms. The number of ether oxygens (including phenoxy) is 2. The summed E-state index contributed by atoms with van der Waals surface area (Å²) < 4.78 is 78.9.